The van der Waals surface area contributed by atoms with Gasteiger partial charge in [-0.3, -0.25) is 4.90 Å². The SMILES string of the molecule is CCCN1CCN(c2nc(Br)cn3ccnc23)CC1. The summed E-state index contributed by atoms with van der Waals surface area (Å²) in [6, 6.07) is 0. The average molecular weight is 324 g/mol. The van der Waals surface area contributed by atoms with Crippen molar-refractivity contribution in [2.45, 2.75) is 13.3 Å². The highest BCUT2D eigenvalue weighted by molar-refractivity contribution is 9.10. The van der Waals surface area contributed by atoms with Crippen LogP contribution in [0.1, 0.15) is 13.3 Å². The molecule has 0 N–H and O–H groups in total. The lowest BCUT2D eigenvalue weighted by molar-refractivity contribution is 0.258. The molecule has 3 rings (SSSR count). The van der Waals surface area contributed by atoms with Crippen LogP contribution in [0.15, 0.2) is 23.2 Å². The van der Waals surface area contributed by atoms with Gasteiger partial charge in [0.15, 0.2) is 11.5 Å². The number of rotatable bonds is 3. The molecule has 1 fully saturated rings. The smallest absolute Gasteiger partial charge is 0.180 e. The molecule has 0 amide bonds. The van der Waals surface area contributed by atoms with E-state index in [1.165, 1.54) is 13.0 Å². The largest absolute Gasteiger partial charge is 0.351 e. The predicted molar refractivity (Wildman–Crippen MR) is 79.6 cm³/mol. The Labute approximate surface area is 121 Å². The Morgan fingerprint density at radius 2 is 2.05 bits per heavy atom. The van der Waals surface area contributed by atoms with E-state index in [9.17, 15) is 0 Å². The monoisotopic (exact) mass is 323 g/mol. The fourth-order valence-electron chi connectivity index (χ4n) is 2.60. The number of anilines is 1. The van der Waals surface area contributed by atoms with Gasteiger partial charge in [-0.2, -0.15) is 0 Å². The molecule has 0 saturated carbocycles. The molecule has 0 unspecified atom stereocenters. The van der Waals surface area contributed by atoms with Gasteiger partial charge in [0.05, 0.1) is 0 Å². The Kier molecular flexibility index (Phi) is 3.70. The van der Waals surface area contributed by atoms with E-state index in [1.807, 2.05) is 23.0 Å². The molecule has 0 aliphatic carbocycles. The first-order valence-corrected chi connectivity index (χ1v) is 7.53. The van der Waals surface area contributed by atoms with Crippen molar-refractivity contribution < 1.29 is 0 Å². The summed E-state index contributed by atoms with van der Waals surface area (Å²) in [4.78, 5) is 13.9. The van der Waals surface area contributed by atoms with Crippen molar-refractivity contribution in [3.05, 3.63) is 23.2 Å². The Hall–Kier alpha value is -1.14. The Balaban J connectivity index is 1.83. The first-order valence-electron chi connectivity index (χ1n) is 6.74. The molecule has 1 aliphatic heterocycles. The molecule has 2 aromatic heterocycles. The zero-order chi connectivity index (χ0) is 13.2. The second kappa shape index (κ2) is 5.46. The van der Waals surface area contributed by atoms with E-state index in [0.29, 0.717) is 0 Å². The van der Waals surface area contributed by atoms with Crippen LogP contribution in [0.25, 0.3) is 5.65 Å². The third-order valence-electron chi connectivity index (χ3n) is 3.54. The number of hydrogen-bond donors (Lipinski definition) is 0. The first kappa shape index (κ1) is 12.9. The summed E-state index contributed by atoms with van der Waals surface area (Å²) < 4.78 is 2.87. The van der Waals surface area contributed by atoms with Crippen molar-refractivity contribution in [2.24, 2.45) is 0 Å². The van der Waals surface area contributed by atoms with Gasteiger partial charge in [0.1, 0.15) is 4.60 Å². The van der Waals surface area contributed by atoms with Gasteiger partial charge in [0.25, 0.3) is 0 Å². The molecule has 102 valence electrons. The molecule has 0 spiro atoms. The van der Waals surface area contributed by atoms with Gasteiger partial charge in [-0.15, -0.1) is 0 Å². The maximum Gasteiger partial charge on any atom is 0.180 e. The molecule has 1 aliphatic rings. The fourth-order valence-corrected chi connectivity index (χ4v) is 2.99. The van der Waals surface area contributed by atoms with Crippen LogP contribution in [0.3, 0.4) is 0 Å². The summed E-state index contributed by atoms with van der Waals surface area (Å²) >= 11 is 3.47. The van der Waals surface area contributed by atoms with Crippen molar-refractivity contribution in [2.75, 3.05) is 37.6 Å². The maximum atomic E-state index is 4.61. The molecule has 5 nitrogen and oxygen atoms in total. The van der Waals surface area contributed by atoms with E-state index in [1.54, 1.807) is 0 Å². The molecule has 2 aromatic rings. The number of hydrogen-bond acceptors (Lipinski definition) is 4. The highest BCUT2D eigenvalue weighted by Crippen LogP contribution is 2.22. The quantitative estimate of drug-likeness (QED) is 0.866. The zero-order valence-electron chi connectivity index (χ0n) is 11.1. The Morgan fingerprint density at radius 1 is 1.26 bits per heavy atom. The van der Waals surface area contributed by atoms with Crippen LogP contribution in [-0.2, 0) is 0 Å². The Bertz CT molecular complexity index is 559. The summed E-state index contributed by atoms with van der Waals surface area (Å²) in [5.74, 6) is 0.982. The number of aromatic nitrogens is 3. The van der Waals surface area contributed by atoms with Gasteiger partial charge < -0.3 is 9.30 Å². The molecular weight excluding hydrogens is 306 g/mol. The summed E-state index contributed by atoms with van der Waals surface area (Å²) in [5, 5.41) is 0. The number of imidazole rings is 1. The van der Waals surface area contributed by atoms with Crippen molar-refractivity contribution in [3.63, 3.8) is 0 Å². The van der Waals surface area contributed by atoms with E-state index in [2.05, 4.69) is 42.6 Å². The second-order valence-corrected chi connectivity index (χ2v) is 5.69. The van der Waals surface area contributed by atoms with Gasteiger partial charge in [-0.25, -0.2) is 9.97 Å². The van der Waals surface area contributed by atoms with E-state index in [-0.39, 0.29) is 0 Å². The zero-order valence-corrected chi connectivity index (χ0v) is 12.7. The van der Waals surface area contributed by atoms with Crippen LogP contribution in [0.2, 0.25) is 0 Å². The molecule has 0 radical (unpaired) electrons. The molecule has 0 bridgehead atoms. The van der Waals surface area contributed by atoms with Crippen LogP contribution in [0, 0.1) is 0 Å². The summed E-state index contributed by atoms with van der Waals surface area (Å²) in [6.45, 7) is 7.68. The standard InChI is InChI=1S/C13H18BrN5/c1-2-4-17-6-8-18(9-7-17)13-12-15-3-5-19(12)10-11(14)16-13/h3,5,10H,2,4,6-9H2,1H3. The van der Waals surface area contributed by atoms with Crippen LogP contribution in [0.4, 0.5) is 5.82 Å². The highest BCUT2D eigenvalue weighted by Gasteiger charge is 2.20. The van der Waals surface area contributed by atoms with E-state index < -0.39 is 0 Å². The number of fused-ring (bicyclic) bond motifs is 1. The van der Waals surface area contributed by atoms with Crippen molar-refractivity contribution in [1.29, 1.82) is 0 Å². The number of halogens is 1. The normalized spacial score (nSPS) is 17.3. The van der Waals surface area contributed by atoms with Crippen molar-refractivity contribution in [3.8, 4) is 0 Å². The molecular formula is C13H18BrN5. The molecule has 19 heavy (non-hydrogen) atoms. The van der Waals surface area contributed by atoms with Crippen LogP contribution in [-0.4, -0.2) is 52.0 Å². The van der Waals surface area contributed by atoms with Gasteiger partial charge in [-0.1, -0.05) is 6.92 Å². The van der Waals surface area contributed by atoms with E-state index in [4.69, 9.17) is 0 Å². The predicted octanol–water partition coefficient (Wildman–Crippen LogP) is 2.02. The highest BCUT2D eigenvalue weighted by atomic mass is 79.9. The molecule has 0 aromatic carbocycles. The van der Waals surface area contributed by atoms with Crippen molar-refractivity contribution in [1.82, 2.24) is 19.3 Å². The minimum absolute atomic E-state index is 0.851. The fraction of sp³-hybridized carbons (Fsp3) is 0.538. The van der Waals surface area contributed by atoms with Crippen LogP contribution < -0.4 is 4.90 Å². The van der Waals surface area contributed by atoms with Gasteiger partial charge in [0.2, 0.25) is 0 Å². The lowest BCUT2D eigenvalue weighted by Crippen LogP contribution is -2.47. The van der Waals surface area contributed by atoms with Crippen molar-refractivity contribution >= 4 is 27.4 Å². The first-order chi connectivity index (χ1) is 9.28. The van der Waals surface area contributed by atoms with Gasteiger partial charge >= 0.3 is 0 Å². The van der Waals surface area contributed by atoms with E-state index >= 15 is 0 Å². The number of piperazine rings is 1. The molecule has 0 atom stereocenters. The third-order valence-corrected chi connectivity index (χ3v) is 3.92. The lowest BCUT2D eigenvalue weighted by atomic mass is 10.3. The topological polar surface area (TPSA) is 36.7 Å². The van der Waals surface area contributed by atoms with Crippen LogP contribution >= 0.6 is 15.9 Å². The average Bonchev–Trinajstić information content (AvgIpc) is 2.87. The summed E-state index contributed by atoms with van der Waals surface area (Å²) in [6.07, 6.45) is 6.94. The molecule has 6 heteroatoms. The third kappa shape index (κ3) is 2.60. The van der Waals surface area contributed by atoms with E-state index in [0.717, 1.165) is 42.2 Å². The minimum Gasteiger partial charge on any atom is -0.351 e. The minimum atomic E-state index is 0.851. The summed E-state index contributed by atoms with van der Waals surface area (Å²) in [7, 11) is 0. The maximum absolute atomic E-state index is 4.61. The van der Waals surface area contributed by atoms with Gasteiger partial charge in [-0.05, 0) is 28.9 Å². The van der Waals surface area contributed by atoms with Crippen LogP contribution in [0.5, 0.6) is 0 Å². The molecule has 3 heterocycles. The second-order valence-electron chi connectivity index (χ2n) is 4.87. The number of nitrogens with zero attached hydrogens (tertiary/aromatic N) is 5. The summed E-state index contributed by atoms with van der Waals surface area (Å²) in [5.41, 5.74) is 0.937. The Morgan fingerprint density at radius 3 is 2.79 bits per heavy atom. The van der Waals surface area contributed by atoms with Gasteiger partial charge in [0, 0.05) is 44.8 Å². The lowest BCUT2D eigenvalue weighted by Gasteiger charge is -2.35. The molecule has 1 saturated heterocycles.